The molecule has 2 aromatic carbocycles. The van der Waals surface area contributed by atoms with Gasteiger partial charge in [-0.25, -0.2) is 9.18 Å². The van der Waals surface area contributed by atoms with Crippen LogP contribution in [0.25, 0.3) is 0 Å². The summed E-state index contributed by atoms with van der Waals surface area (Å²) in [5.41, 5.74) is 6.21. The van der Waals surface area contributed by atoms with Gasteiger partial charge < -0.3 is 10.5 Å². The Morgan fingerprint density at radius 3 is 2.58 bits per heavy atom. The van der Waals surface area contributed by atoms with E-state index in [-0.39, 0.29) is 22.3 Å². The predicted octanol–water partition coefficient (Wildman–Crippen LogP) is 3.53. The first kappa shape index (κ1) is 13.5. The molecule has 3 nitrogen and oxygen atoms in total. The highest BCUT2D eigenvalue weighted by atomic mass is 79.9. The van der Waals surface area contributed by atoms with E-state index in [1.165, 1.54) is 12.1 Å². The quantitative estimate of drug-likeness (QED) is 0.694. The Bertz CT molecular complexity index is 602. The highest BCUT2D eigenvalue weighted by molar-refractivity contribution is 9.10. The van der Waals surface area contributed by atoms with Crippen LogP contribution >= 0.6 is 15.9 Å². The molecule has 0 atom stereocenters. The highest BCUT2D eigenvalue weighted by Gasteiger charge is 2.16. The minimum Gasteiger partial charge on any atom is -0.457 e. The molecule has 0 aliphatic rings. The maximum Gasteiger partial charge on any atom is 0.340 e. The third-order valence-electron chi connectivity index (χ3n) is 2.57. The first-order valence-corrected chi connectivity index (χ1v) is 6.33. The molecule has 0 aromatic heterocycles. The topological polar surface area (TPSA) is 52.3 Å². The molecule has 0 spiro atoms. The Morgan fingerprint density at radius 1 is 1.21 bits per heavy atom. The summed E-state index contributed by atoms with van der Waals surface area (Å²) in [7, 11) is 0. The van der Waals surface area contributed by atoms with Gasteiger partial charge in [0.05, 0.1) is 15.7 Å². The zero-order valence-corrected chi connectivity index (χ0v) is 11.5. The van der Waals surface area contributed by atoms with Crippen LogP contribution in [0.1, 0.15) is 15.9 Å². The summed E-state index contributed by atoms with van der Waals surface area (Å²) < 4.78 is 18.8. The van der Waals surface area contributed by atoms with Gasteiger partial charge in [-0.15, -0.1) is 0 Å². The zero-order chi connectivity index (χ0) is 13.8. The van der Waals surface area contributed by atoms with Crippen LogP contribution in [-0.4, -0.2) is 5.97 Å². The van der Waals surface area contributed by atoms with Crippen molar-refractivity contribution in [2.75, 3.05) is 5.73 Å². The Hall–Kier alpha value is -1.88. The van der Waals surface area contributed by atoms with Crippen LogP contribution in [0.3, 0.4) is 0 Å². The maximum absolute atomic E-state index is 13.5. The van der Waals surface area contributed by atoms with Crippen molar-refractivity contribution in [3.8, 4) is 0 Å². The van der Waals surface area contributed by atoms with Crippen LogP contribution in [0.5, 0.6) is 0 Å². The fourth-order valence-corrected chi connectivity index (χ4v) is 1.89. The number of ether oxygens (including phenoxy) is 1. The van der Waals surface area contributed by atoms with Gasteiger partial charge in [0, 0.05) is 0 Å². The first-order valence-electron chi connectivity index (χ1n) is 5.54. The van der Waals surface area contributed by atoms with E-state index in [9.17, 15) is 9.18 Å². The second kappa shape index (κ2) is 5.84. The van der Waals surface area contributed by atoms with E-state index in [1.54, 1.807) is 0 Å². The van der Waals surface area contributed by atoms with Crippen LogP contribution in [-0.2, 0) is 11.3 Å². The summed E-state index contributed by atoms with van der Waals surface area (Å²) in [5, 5.41) is 0. The number of nitrogens with two attached hydrogens (primary N) is 1. The average Bonchev–Trinajstić information content (AvgIpc) is 2.43. The predicted molar refractivity (Wildman–Crippen MR) is 74.1 cm³/mol. The molecular weight excluding hydrogens is 313 g/mol. The van der Waals surface area contributed by atoms with Crippen molar-refractivity contribution in [3.05, 3.63) is 63.9 Å². The molecular formula is C14H11BrFNO2. The fraction of sp³-hybridized carbons (Fsp3) is 0.0714. The number of carbonyl (C=O) groups is 1. The lowest BCUT2D eigenvalue weighted by Crippen LogP contribution is -2.09. The van der Waals surface area contributed by atoms with Gasteiger partial charge in [-0.3, -0.25) is 0 Å². The van der Waals surface area contributed by atoms with Gasteiger partial charge in [-0.05, 0) is 33.6 Å². The molecule has 2 aromatic rings. The molecule has 0 saturated heterocycles. The van der Waals surface area contributed by atoms with Gasteiger partial charge in [0.2, 0.25) is 0 Å². The molecule has 0 heterocycles. The number of halogens is 2. The molecule has 19 heavy (non-hydrogen) atoms. The van der Waals surface area contributed by atoms with E-state index in [2.05, 4.69) is 15.9 Å². The Labute approximate surface area is 118 Å². The maximum atomic E-state index is 13.5. The normalized spacial score (nSPS) is 10.2. The smallest absolute Gasteiger partial charge is 0.340 e. The van der Waals surface area contributed by atoms with E-state index in [0.29, 0.717) is 0 Å². The van der Waals surface area contributed by atoms with E-state index in [0.717, 1.165) is 5.56 Å². The molecule has 0 aliphatic carbocycles. The molecule has 2 N–H and O–H groups in total. The van der Waals surface area contributed by atoms with E-state index in [1.807, 2.05) is 30.3 Å². The molecule has 0 fully saturated rings. The lowest BCUT2D eigenvalue weighted by molar-refractivity contribution is 0.0473. The Morgan fingerprint density at radius 2 is 1.89 bits per heavy atom. The SMILES string of the molecule is Nc1c(C(=O)OCc2ccccc2)ccc(Br)c1F. The number of anilines is 1. The Kier molecular flexibility index (Phi) is 4.16. The lowest BCUT2D eigenvalue weighted by atomic mass is 10.2. The highest BCUT2D eigenvalue weighted by Crippen LogP contribution is 2.25. The molecule has 2 rings (SSSR count). The van der Waals surface area contributed by atoms with E-state index < -0.39 is 11.8 Å². The van der Waals surface area contributed by atoms with Crippen molar-refractivity contribution < 1.29 is 13.9 Å². The largest absolute Gasteiger partial charge is 0.457 e. The third kappa shape index (κ3) is 3.12. The minimum atomic E-state index is -0.658. The molecule has 0 aliphatic heterocycles. The standard InChI is InChI=1S/C14H11BrFNO2/c15-11-7-6-10(13(17)12(11)16)14(18)19-8-9-4-2-1-3-5-9/h1-7H,8,17H2. The van der Waals surface area contributed by atoms with Gasteiger partial charge >= 0.3 is 5.97 Å². The second-order valence-corrected chi connectivity index (χ2v) is 4.74. The van der Waals surface area contributed by atoms with Crippen LogP contribution in [0.15, 0.2) is 46.9 Å². The summed E-state index contributed by atoms with van der Waals surface area (Å²) in [6.07, 6.45) is 0. The Balaban J connectivity index is 2.11. The van der Waals surface area contributed by atoms with Crippen LogP contribution in [0.2, 0.25) is 0 Å². The van der Waals surface area contributed by atoms with Crippen molar-refractivity contribution in [2.24, 2.45) is 0 Å². The summed E-state index contributed by atoms with van der Waals surface area (Å²) in [4.78, 5) is 11.8. The van der Waals surface area contributed by atoms with Crippen molar-refractivity contribution in [1.82, 2.24) is 0 Å². The van der Waals surface area contributed by atoms with Crippen molar-refractivity contribution in [2.45, 2.75) is 6.61 Å². The lowest BCUT2D eigenvalue weighted by Gasteiger charge is -2.08. The van der Waals surface area contributed by atoms with Gasteiger partial charge in [0.15, 0.2) is 5.82 Å². The van der Waals surface area contributed by atoms with Crippen LogP contribution in [0.4, 0.5) is 10.1 Å². The summed E-state index contributed by atoms with van der Waals surface area (Å²) in [6.45, 7) is 0.122. The minimum absolute atomic E-state index is 0.0247. The molecule has 0 radical (unpaired) electrons. The number of benzene rings is 2. The zero-order valence-electron chi connectivity index (χ0n) is 9.90. The number of nitrogen functional groups attached to an aromatic ring is 1. The van der Waals surface area contributed by atoms with E-state index in [4.69, 9.17) is 10.5 Å². The van der Waals surface area contributed by atoms with Gasteiger partial charge in [-0.2, -0.15) is 0 Å². The van der Waals surface area contributed by atoms with Crippen molar-refractivity contribution in [1.29, 1.82) is 0 Å². The van der Waals surface area contributed by atoms with Crippen molar-refractivity contribution in [3.63, 3.8) is 0 Å². The van der Waals surface area contributed by atoms with Crippen LogP contribution in [0, 0.1) is 5.82 Å². The summed E-state index contributed by atoms with van der Waals surface area (Å²) in [5.74, 6) is -1.30. The summed E-state index contributed by atoms with van der Waals surface area (Å²) in [6, 6.07) is 12.1. The number of hydrogen-bond donors (Lipinski definition) is 1. The van der Waals surface area contributed by atoms with Gasteiger partial charge in [0.1, 0.15) is 6.61 Å². The monoisotopic (exact) mass is 323 g/mol. The van der Waals surface area contributed by atoms with Gasteiger partial charge in [0.25, 0.3) is 0 Å². The number of hydrogen-bond acceptors (Lipinski definition) is 3. The third-order valence-corrected chi connectivity index (χ3v) is 3.18. The number of carbonyl (C=O) groups excluding carboxylic acids is 1. The first-order chi connectivity index (χ1) is 9.09. The number of rotatable bonds is 3. The van der Waals surface area contributed by atoms with E-state index >= 15 is 0 Å². The fourth-order valence-electron chi connectivity index (χ4n) is 1.55. The summed E-state index contributed by atoms with van der Waals surface area (Å²) >= 11 is 3.00. The molecule has 98 valence electrons. The second-order valence-electron chi connectivity index (χ2n) is 3.88. The van der Waals surface area contributed by atoms with Crippen molar-refractivity contribution >= 4 is 27.6 Å². The average molecular weight is 324 g/mol. The van der Waals surface area contributed by atoms with Crippen LogP contribution < -0.4 is 5.73 Å². The molecule has 5 heteroatoms. The molecule has 0 amide bonds. The number of esters is 1. The molecule has 0 unspecified atom stereocenters. The van der Waals surface area contributed by atoms with Gasteiger partial charge in [-0.1, -0.05) is 30.3 Å². The molecule has 0 bridgehead atoms. The molecule has 0 saturated carbocycles.